The van der Waals surface area contributed by atoms with Crippen LogP contribution in [0.3, 0.4) is 0 Å². The number of amides is 1. The standard InChI is InChI=1S/C25H54N2O5S2/c1-11-14-33-24(7,8)12-13-32-25(9,26)15-22(28)27(10)18-23(5,6)19-31-16-21(4)17-34(29,30)20(2)3/h20-21,29-30H,11-19,26H2,1-10H3. The fourth-order valence-electron chi connectivity index (χ4n) is 3.44. The number of hydrogen-bond acceptors (Lipinski definition) is 7. The van der Waals surface area contributed by atoms with E-state index in [4.69, 9.17) is 15.2 Å². The first kappa shape index (κ1) is 34.0. The zero-order chi connectivity index (χ0) is 26.8. The Kier molecular flexibility index (Phi) is 14.6. The molecule has 2 unspecified atom stereocenters. The maximum Gasteiger partial charge on any atom is 0.226 e. The summed E-state index contributed by atoms with van der Waals surface area (Å²) in [7, 11) is -0.805. The van der Waals surface area contributed by atoms with Crippen molar-refractivity contribution in [2.75, 3.05) is 44.9 Å². The van der Waals surface area contributed by atoms with Crippen molar-refractivity contribution in [1.29, 1.82) is 0 Å². The Morgan fingerprint density at radius 1 is 1.15 bits per heavy atom. The van der Waals surface area contributed by atoms with Gasteiger partial charge in [0.2, 0.25) is 5.91 Å². The van der Waals surface area contributed by atoms with Gasteiger partial charge in [-0.2, -0.15) is 22.4 Å². The first-order valence-corrected chi connectivity index (χ1v) is 15.2. The highest BCUT2D eigenvalue weighted by Crippen LogP contribution is 2.45. The number of thioether (sulfide) groups is 1. The summed E-state index contributed by atoms with van der Waals surface area (Å²) in [5.41, 5.74) is 5.03. The summed E-state index contributed by atoms with van der Waals surface area (Å²) in [6, 6.07) is 0. The van der Waals surface area contributed by atoms with Gasteiger partial charge in [-0.25, -0.2) is 0 Å². The summed E-state index contributed by atoms with van der Waals surface area (Å²) in [6.45, 7) is 20.0. The molecule has 7 nitrogen and oxygen atoms in total. The third-order valence-electron chi connectivity index (χ3n) is 5.61. The minimum atomic E-state index is -2.59. The van der Waals surface area contributed by atoms with E-state index in [-0.39, 0.29) is 33.7 Å². The zero-order valence-corrected chi connectivity index (χ0v) is 25.1. The van der Waals surface area contributed by atoms with Crippen LogP contribution in [0.5, 0.6) is 0 Å². The Morgan fingerprint density at radius 2 is 1.74 bits per heavy atom. The van der Waals surface area contributed by atoms with E-state index < -0.39 is 16.3 Å². The van der Waals surface area contributed by atoms with E-state index in [0.717, 1.165) is 18.6 Å². The molecule has 1 amide bonds. The van der Waals surface area contributed by atoms with Gasteiger partial charge in [0, 0.05) is 34.8 Å². The van der Waals surface area contributed by atoms with Gasteiger partial charge in [0.05, 0.1) is 26.2 Å². The van der Waals surface area contributed by atoms with Crippen LogP contribution in [0.2, 0.25) is 0 Å². The molecule has 0 bridgehead atoms. The first-order valence-electron chi connectivity index (χ1n) is 12.5. The summed E-state index contributed by atoms with van der Waals surface area (Å²) in [6.07, 6.45) is 2.15. The Bertz CT molecular complexity index is 598. The van der Waals surface area contributed by atoms with Crippen LogP contribution in [0.15, 0.2) is 0 Å². The van der Waals surface area contributed by atoms with Crippen molar-refractivity contribution in [3.05, 3.63) is 0 Å². The summed E-state index contributed by atoms with van der Waals surface area (Å²) in [4.78, 5) is 14.5. The Hall–Kier alpha value is -0.0300. The first-order chi connectivity index (χ1) is 15.3. The molecule has 9 heteroatoms. The van der Waals surface area contributed by atoms with Crippen molar-refractivity contribution in [2.45, 2.75) is 97.3 Å². The fraction of sp³-hybridized carbons (Fsp3) is 0.960. The second kappa shape index (κ2) is 14.6. The molecule has 0 radical (unpaired) electrons. The predicted octanol–water partition coefficient (Wildman–Crippen LogP) is 5.68. The van der Waals surface area contributed by atoms with E-state index in [9.17, 15) is 13.9 Å². The lowest BCUT2D eigenvalue weighted by Crippen LogP contribution is -2.47. The van der Waals surface area contributed by atoms with Gasteiger partial charge < -0.3 is 20.1 Å². The lowest BCUT2D eigenvalue weighted by molar-refractivity contribution is -0.139. The van der Waals surface area contributed by atoms with Crippen molar-refractivity contribution in [1.82, 2.24) is 4.90 Å². The molecule has 34 heavy (non-hydrogen) atoms. The molecule has 0 aromatic carbocycles. The van der Waals surface area contributed by atoms with Crippen LogP contribution >= 0.6 is 22.4 Å². The summed E-state index contributed by atoms with van der Waals surface area (Å²) in [5, 5.41) is -0.158. The SMILES string of the molecule is CCCSC(C)(C)CCOC(C)(N)CC(=O)N(C)CC(C)(C)COCC(C)CS(O)(O)C(C)C. The molecule has 0 saturated carbocycles. The van der Waals surface area contributed by atoms with Crippen molar-refractivity contribution >= 4 is 28.3 Å². The lowest BCUT2D eigenvalue weighted by Gasteiger charge is -2.38. The number of hydrogen-bond donors (Lipinski definition) is 3. The molecule has 0 aromatic rings. The number of rotatable bonds is 18. The molecule has 0 aliphatic carbocycles. The highest BCUT2D eigenvalue weighted by molar-refractivity contribution is 8.24. The molecule has 0 rings (SSSR count). The number of nitrogens with zero attached hydrogens (tertiary/aromatic N) is 1. The van der Waals surface area contributed by atoms with Gasteiger partial charge in [0.1, 0.15) is 5.72 Å². The third kappa shape index (κ3) is 15.2. The van der Waals surface area contributed by atoms with Gasteiger partial charge in [-0.05, 0) is 45.3 Å². The largest absolute Gasteiger partial charge is 0.380 e. The predicted molar refractivity (Wildman–Crippen MR) is 149 cm³/mol. The number of carbonyl (C=O) groups excluding carboxylic acids is 1. The topological polar surface area (TPSA) is 105 Å². The van der Waals surface area contributed by atoms with Crippen molar-refractivity contribution in [2.24, 2.45) is 17.1 Å². The molecule has 206 valence electrons. The smallest absolute Gasteiger partial charge is 0.226 e. The molecular weight excluding hydrogens is 472 g/mol. The maximum absolute atomic E-state index is 12.8. The Labute approximate surface area is 215 Å². The fourth-order valence-corrected chi connectivity index (χ4v) is 5.74. The minimum Gasteiger partial charge on any atom is -0.380 e. The van der Waals surface area contributed by atoms with Crippen molar-refractivity contribution in [3.63, 3.8) is 0 Å². The molecular formula is C25H54N2O5S2. The number of carbonyl (C=O) groups is 1. The van der Waals surface area contributed by atoms with E-state index in [1.807, 2.05) is 32.5 Å². The average molecular weight is 527 g/mol. The van der Waals surface area contributed by atoms with Gasteiger partial charge in [-0.15, -0.1) is 0 Å². The lowest BCUT2D eigenvalue weighted by atomic mass is 9.94. The number of nitrogens with two attached hydrogens (primary N) is 1. The molecule has 0 aliphatic rings. The molecule has 0 heterocycles. The number of ether oxygens (including phenoxy) is 2. The third-order valence-corrected chi connectivity index (χ3v) is 9.77. The Balaban J connectivity index is 4.50. The molecule has 0 fully saturated rings. The second-order valence-corrected chi connectivity index (χ2v) is 16.2. The monoisotopic (exact) mass is 526 g/mol. The van der Waals surface area contributed by atoms with Gasteiger partial charge in [0.25, 0.3) is 0 Å². The van der Waals surface area contributed by atoms with E-state index in [1.54, 1.807) is 18.9 Å². The van der Waals surface area contributed by atoms with E-state index in [0.29, 0.717) is 32.1 Å². The average Bonchev–Trinajstić information content (AvgIpc) is 2.64. The highest BCUT2D eigenvalue weighted by atomic mass is 32.3. The van der Waals surface area contributed by atoms with Crippen LogP contribution in [0.1, 0.15) is 81.6 Å². The normalized spacial score (nSPS) is 16.4. The van der Waals surface area contributed by atoms with Crippen LogP contribution in [0.4, 0.5) is 0 Å². The van der Waals surface area contributed by atoms with Gasteiger partial charge in [-0.1, -0.05) is 41.5 Å². The van der Waals surface area contributed by atoms with Crippen LogP contribution in [-0.4, -0.2) is 80.6 Å². The molecule has 0 saturated heterocycles. The van der Waals surface area contributed by atoms with Crippen LogP contribution in [0, 0.1) is 11.3 Å². The highest BCUT2D eigenvalue weighted by Gasteiger charge is 2.30. The molecule has 0 aromatic heterocycles. The van der Waals surface area contributed by atoms with E-state index in [1.165, 1.54) is 0 Å². The van der Waals surface area contributed by atoms with Crippen molar-refractivity contribution in [3.8, 4) is 0 Å². The van der Waals surface area contributed by atoms with E-state index >= 15 is 0 Å². The van der Waals surface area contributed by atoms with Gasteiger partial charge in [0.15, 0.2) is 0 Å². The van der Waals surface area contributed by atoms with Gasteiger partial charge in [-0.3, -0.25) is 13.9 Å². The minimum absolute atomic E-state index is 0.0445. The second-order valence-electron chi connectivity index (χ2n) is 11.7. The molecule has 0 spiro atoms. The zero-order valence-electron chi connectivity index (χ0n) is 23.5. The summed E-state index contributed by atoms with van der Waals surface area (Å²) < 4.78 is 32.2. The quantitative estimate of drug-likeness (QED) is 0.197. The van der Waals surface area contributed by atoms with Crippen molar-refractivity contribution < 1.29 is 23.4 Å². The molecule has 2 atom stereocenters. The molecule has 4 N–H and O–H groups in total. The van der Waals surface area contributed by atoms with Gasteiger partial charge >= 0.3 is 0 Å². The summed E-state index contributed by atoms with van der Waals surface area (Å²) in [5.74, 6) is 1.45. The Morgan fingerprint density at radius 3 is 2.26 bits per heavy atom. The molecule has 0 aliphatic heterocycles. The van der Waals surface area contributed by atoms with Crippen LogP contribution in [-0.2, 0) is 14.3 Å². The van der Waals surface area contributed by atoms with E-state index in [2.05, 4.69) is 34.6 Å². The maximum atomic E-state index is 12.8. The van der Waals surface area contributed by atoms with Crippen LogP contribution < -0.4 is 5.73 Å². The van der Waals surface area contributed by atoms with Crippen LogP contribution in [0.25, 0.3) is 0 Å². The summed E-state index contributed by atoms with van der Waals surface area (Å²) >= 11 is 1.93.